The molecule has 33 heavy (non-hydrogen) atoms. The Balaban J connectivity index is 2.19. The smallest absolute Gasteiger partial charge is 0.242 e. The lowest BCUT2D eigenvalue weighted by molar-refractivity contribution is -0.140. The first-order valence-corrected chi connectivity index (χ1v) is 13.0. The molecule has 0 aliphatic rings. The molecule has 0 radical (unpaired) electrons. The Bertz CT molecular complexity index is 1100. The predicted octanol–water partition coefficient (Wildman–Crippen LogP) is 3.67. The van der Waals surface area contributed by atoms with Crippen molar-refractivity contribution in [2.24, 2.45) is 0 Å². The summed E-state index contributed by atoms with van der Waals surface area (Å²) in [4.78, 5) is 26.9. The first-order chi connectivity index (χ1) is 15.5. The molecule has 180 valence electrons. The maximum absolute atomic E-state index is 13.1. The number of likely N-dealkylation sites (N-methyl/N-ethyl adjacent to an activating group) is 1. The standard InChI is InChI=1S/C24H32ClN3O4S/c1-17-10-8-13-22(18(17)2)28(33(5,31)32)15-9-14-23(29)27(19(3)24(30)26-4)16-20-11-6-7-12-21(20)25/h6-8,10-13,19H,9,14-16H2,1-5H3,(H,26,30). The van der Waals surface area contributed by atoms with E-state index in [0.29, 0.717) is 17.1 Å². The lowest BCUT2D eigenvalue weighted by Crippen LogP contribution is -2.46. The fourth-order valence-corrected chi connectivity index (χ4v) is 4.80. The second-order valence-electron chi connectivity index (χ2n) is 8.06. The number of sulfonamides is 1. The second-order valence-corrected chi connectivity index (χ2v) is 10.4. The number of hydrogen-bond donors (Lipinski definition) is 1. The van der Waals surface area contributed by atoms with E-state index in [-0.39, 0.29) is 31.3 Å². The third-order valence-corrected chi connectivity index (χ3v) is 7.26. The Hall–Kier alpha value is -2.58. The summed E-state index contributed by atoms with van der Waals surface area (Å²) in [6.07, 6.45) is 1.55. The number of hydrogen-bond acceptors (Lipinski definition) is 4. The van der Waals surface area contributed by atoms with E-state index in [1.807, 2.05) is 38.1 Å². The topological polar surface area (TPSA) is 86.8 Å². The number of aryl methyl sites for hydroxylation is 1. The van der Waals surface area contributed by atoms with Crippen molar-refractivity contribution < 1.29 is 18.0 Å². The summed E-state index contributed by atoms with van der Waals surface area (Å²) in [6.45, 7) is 5.80. The fourth-order valence-electron chi connectivity index (χ4n) is 3.59. The highest BCUT2D eigenvalue weighted by molar-refractivity contribution is 7.92. The summed E-state index contributed by atoms with van der Waals surface area (Å²) in [7, 11) is -2.02. The van der Waals surface area contributed by atoms with Gasteiger partial charge in [0.1, 0.15) is 6.04 Å². The molecule has 0 aliphatic heterocycles. The molecular weight excluding hydrogens is 462 g/mol. The molecule has 0 aromatic heterocycles. The summed E-state index contributed by atoms with van der Waals surface area (Å²) in [6, 6.07) is 12.0. The van der Waals surface area contributed by atoms with Crippen LogP contribution in [0.15, 0.2) is 42.5 Å². The summed E-state index contributed by atoms with van der Waals surface area (Å²) in [5, 5.41) is 3.09. The van der Waals surface area contributed by atoms with Gasteiger partial charge in [0.05, 0.1) is 11.9 Å². The summed E-state index contributed by atoms with van der Waals surface area (Å²) in [5.41, 5.74) is 3.21. The molecule has 1 unspecified atom stereocenters. The van der Waals surface area contributed by atoms with E-state index in [1.165, 1.54) is 16.3 Å². The Labute approximate surface area is 201 Å². The first kappa shape index (κ1) is 26.7. The van der Waals surface area contributed by atoms with Gasteiger partial charge >= 0.3 is 0 Å². The van der Waals surface area contributed by atoms with Crippen LogP contribution in [0.1, 0.15) is 36.5 Å². The lowest BCUT2D eigenvalue weighted by atomic mass is 10.1. The number of carbonyl (C=O) groups is 2. The zero-order valence-electron chi connectivity index (χ0n) is 19.8. The van der Waals surface area contributed by atoms with Gasteiger partial charge in [0.15, 0.2) is 0 Å². The van der Waals surface area contributed by atoms with Crippen LogP contribution in [-0.4, -0.2) is 51.0 Å². The first-order valence-electron chi connectivity index (χ1n) is 10.8. The predicted molar refractivity (Wildman–Crippen MR) is 133 cm³/mol. The summed E-state index contributed by atoms with van der Waals surface area (Å²) < 4.78 is 26.3. The minimum Gasteiger partial charge on any atom is -0.357 e. The SMILES string of the molecule is CNC(=O)C(C)N(Cc1ccccc1Cl)C(=O)CCCN(c1cccc(C)c1C)S(C)(=O)=O. The minimum absolute atomic E-state index is 0.0860. The molecule has 9 heteroatoms. The molecule has 2 amide bonds. The van der Waals surface area contributed by atoms with E-state index >= 15 is 0 Å². The number of carbonyl (C=O) groups excluding carboxylic acids is 2. The fraction of sp³-hybridized carbons (Fsp3) is 0.417. The van der Waals surface area contributed by atoms with Crippen LogP contribution in [0.5, 0.6) is 0 Å². The van der Waals surface area contributed by atoms with Crippen molar-refractivity contribution in [2.75, 3.05) is 24.2 Å². The van der Waals surface area contributed by atoms with Gasteiger partial charge in [0.2, 0.25) is 21.8 Å². The van der Waals surface area contributed by atoms with Crippen molar-refractivity contribution in [1.29, 1.82) is 0 Å². The van der Waals surface area contributed by atoms with Gasteiger partial charge in [-0.05, 0) is 56.0 Å². The molecular formula is C24H32ClN3O4S. The van der Waals surface area contributed by atoms with Crippen LogP contribution in [0, 0.1) is 13.8 Å². The van der Waals surface area contributed by atoms with Gasteiger partial charge in [0, 0.05) is 31.6 Å². The van der Waals surface area contributed by atoms with Crippen molar-refractivity contribution >= 4 is 39.1 Å². The quantitative estimate of drug-likeness (QED) is 0.547. The van der Waals surface area contributed by atoms with Crippen LogP contribution < -0.4 is 9.62 Å². The molecule has 1 N–H and O–H groups in total. The number of benzene rings is 2. The maximum Gasteiger partial charge on any atom is 0.242 e. The molecule has 0 saturated carbocycles. The van der Waals surface area contributed by atoms with Crippen molar-refractivity contribution in [3.8, 4) is 0 Å². The molecule has 2 rings (SSSR count). The molecule has 2 aromatic carbocycles. The van der Waals surface area contributed by atoms with E-state index < -0.39 is 16.1 Å². The van der Waals surface area contributed by atoms with Crippen molar-refractivity contribution in [2.45, 2.75) is 46.2 Å². The molecule has 1 atom stereocenters. The number of nitrogens with zero attached hydrogens (tertiary/aromatic N) is 2. The normalized spacial score (nSPS) is 12.2. The molecule has 0 saturated heterocycles. The molecule has 0 spiro atoms. The van der Waals surface area contributed by atoms with Gasteiger partial charge in [-0.1, -0.05) is 41.9 Å². The van der Waals surface area contributed by atoms with Crippen LogP contribution in [0.25, 0.3) is 0 Å². The van der Waals surface area contributed by atoms with Gasteiger partial charge in [-0.2, -0.15) is 0 Å². The Kier molecular flexibility index (Phi) is 9.31. The van der Waals surface area contributed by atoms with E-state index in [2.05, 4.69) is 5.32 Å². The zero-order chi connectivity index (χ0) is 24.8. The minimum atomic E-state index is -3.54. The second kappa shape index (κ2) is 11.5. The monoisotopic (exact) mass is 493 g/mol. The van der Waals surface area contributed by atoms with Crippen molar-refractivity contribution in [3.63, 3.8) is 0 Å². The van der Waals surface area contributed by atoms with Crippen molar-refractivity contribution in [1.82, 2.24) is 10.2 Å². The highest BCUT2D eigenvalue weighted by atomic mass is 35.5. The van der Waals surface area contributed by atoms with E-state index in [1.54, 1.807) is 25.1 Å². The number of nitrogens with one attached hydrogen (secondary N) is 1. The molecule has 0 fully saturated rings. The molecule has 0 aliphatic carbocycles. The Morgan fingerprint density at radius 1 is 1.09 bits per heavy atom. The molecule has 2 aromatic rings. The molecule has 7 nitrogen and oxygen atoms in total. The van der Waals surface area contributed by atoms with E-state index in [0.717, 1.165) is 22.9 Å². The molecule has 0 heterocycles. The van der Waals surface area contributed by atoms with Crippen molar-refractivity contribution in [3.05, 3.63) is 64.2 Å². The molecule has 0 bridgehead atoms. The van der Waals surface area contributed by atoms with Crippen LogP contribution in [0.2, 0.25) is 5.02 Å². The average Bonchev–Trinajstić information content (AvgIpc) is 2.76. The number of amides is 2. The van der Waals surface area contributed by atoms with Crippen LogP contribution in [0.3, 0.4) is 0 Å². The zero-order valence-corrected chi connectivity index (χ0v) is 21.3. The van der Waals surface area contributed by atoms with Gasteiger partial charge in [-0.3, -0.25) is 13.9 Å². The highest BCUT2D eigenvalue weighted by Gasteiger charge is 2.26. The van der Waals surface area contributed by atoms with Crippen LogP contribution >= 0.6 is 11.6 Å². The summed E-state index contributed by atoms with van der Waals surface area (Å²) >= 11 is 6.27. The van der Waals surface area contributed by atoms with Gasteiger partial charge in [-0.25, -0.2) is 8.42 Å². The lowest BCUT2D eigenvalue weighted by Gasteiger charge is -2.29. The van der Waals surface area contributed by atoms with E-state index in [4.69, 9.17) is 11.6 Å². The largest absolute Gasteiger partial charge is 0.357 e. The Morgan fingerprint density at radius 3 is 2.36 bits per heavy atom. The highest BCUT2D eigenvalue weighted by Crippen LogP contribution is 2.26. The third kappa shape index (κ3) is 6.95. The number of anilines is 1. The average molecular weight is 494 g/mol. The maximum atomic E-state index is 13.1. The van der Waals surface area contributed by atoms with Crippen LogP contribution in [0.4, 0.5) is 5.69 Å². The summed E-state index contributed by atoms with van der Waals surface area (Å²) in [5.74, 6) is -0.538. The third-order valence-electron chi connectivity index (χ3n) is 5.71. The van der Waals surface area contributed by atoms with Crippen LogP contribution in [-0.2, 0) is 26.2 Å². The Morgan fingerprint density at radius 2 is 1.76 bits per heavy atom. The van der Waals surface area contributed by atoms with Gasteiger partial charge in [0.25, 0.3) is 0 Å². The van der Waals surface area contributed by atoms with Gasteiger partial charge < -0.3 is 10.2 Å². The van der Waals surface area contributed by atoms with E-state index in [9.17, 15) is 18.0 Å². The van der Waals surface area contributed by atoms with Gasteiger partial charge in [-0.15, -0.1) is 0 Å². The number of halogens is 1. The number of rotatable bonds is 10.